The highest BCUT2D eigenvalue weighted by molar-refractivity contribution is 5.78. The lowest BCUT2D eigenvalue weighted by Crippen LogP contribution is -2.35. The minimum absolute atomic E-state index is 0.207. The lowest BCUT2D eigenvalue weighted by molar-refractivity contribution is 0.119. The van der Waals surface area contributed by atoms with Crippen molar-refractivity contribution in [3.63, 3.8) is 0 Å². The molecule has 0 aromatic rings. The van der Waals surface area contributed by atoms with Crippen LogP contribution in [0.3, 0.4) is 0 Å². The van der Waals surface area contributed by atoms with Crippen molar-refractivity contribution in [2.24, 2.45) is 16.6 Å². The fourth-order valence-electron chi connectivity index (χ4n) is 1.15. The Morgan fingerprint density at radius 1 is 1.71 bits per heavy atom. The monoisotopic (exact) mass is 207 g/mol. The molecule has 14 heavy (non-hydrogen) atoms. The standard InChI is InChI=1S/C8H15F2N3O/c1-14-3-2-12-8(11)13-6-4-5(6)7(9)10/h5-7H,2-4H2,1H3,(H3,11,12,13)/t5-,6-/m0/s1. The lowest BCUT2D eigenvalue weighted by atomic mass is 10.4. The molecule has 0 aliphatic heterocycles. The van der Waals surface area contributed by atoms with Crippen LogP contribution in [0.25, 0.3) is 0 Å². The summed E-state index contributed by atoms with van der Waals surface area (Å²) in [6.07, 6.45) is -1.79. The summed E-state index contributed by atoms with van der Waals surface area (Å²) >= 11 is 0. The Morgan fingerprint density at radius 3 is 2.93 bits per heavy atom. The van der Waals surface area contributed by atoms with Gasteiger partial charge in [0.2, 0.25) is 6.43 Å². The van der Waals surface area contributed by atoms with Crippen LogP contribution in [0.4, 0.5) is 8.78 Å². The topological polar surface area (TPSA) is 59.6 Å². The van der Waals surface area contributed by atoms with Crippen molar-refractivity contribution in [2.45, 2.75) is 18.9 Å². The molecular formula is C8H15F2N3O. The number of hydrogen-bond acceptors (Lipinski definition) is 2. The fourth-order valence-corrected chi connectivity index (χ4v) is 1.15. The minimum Gasteiger partial charge on any atom is -0.383 e. The van der Waals surface area contributed by atoms with E-state index >= 15 is 0 Å². The van der Waals surface area contributed by atoms with Gasteiger partial charge < -0.3 is 15.8 Å². The van der Waals surface area contributed by atoms with E-state index in [1.165, 1.54) is 0 Å². The molecule has 1 saturated carbocycles. The second-order valence-corrected chi connectivity index (χ2v) is 3.24. The van der Waals surface area contributed by atoms with Crippen molar-refractivity contribution in [1.29, 1.82) is 0 Å². The first-order valence-electron chi connectivity index (χ1n) is 4.48. The number of nitrogens with zero attached hydrogens (tertiary/aromatic N) is 1. The molecule has 82 valence electrons. The predicted molar refractivity (Wildman–Crippen MR) is 49.4 cm³/mol. The Morgan fingerprint density at radius 2 is 2.43 bits per heavy atom. The Bertz CT molecular complexity index is 211. The van der Waals surface area contributed by atoms with Crippen molar-refractivity contribution in [3.05, 3.63) is 0 Å². The number of nitrogens with two attached hydrogens (primary N) is 1. The average molecular weight is 207 g/mol. The smallest absolute Gasteiger partial charge is 0.243 e. The first kappa shape index (κ1) is 11.2. The third kappa shape index (κ3) is 3.45. The maximum Gasteiger partial charge on any atom is 0.243 e. The van der Waals surface area contributed by atoms with E-state index in [1.54, 1.807) is 7.11 Å². The zero-order valence-corrected chi connectivity index (χ0v) is 8.04. The number of aliphatic imine (C=N–C) groups is 1. The van der Waals surface area contributed by atoms with Gasteiger partial charge in [-0.2, -0.15) is 0 Å². The third-order valence-electron chi connectivity index (χ3n) is 2.07. The highest BCUT2D eigenvalue weighted by Crippen LogP contribution is 2.35. The molecule has 0 aromatic carbocycles. The van der Waals surface area contributed by atoms with Crippen LogP contribution in [-0.2, 0) is 4.74 Å². The van der Waals surface area contributed by atoms with Gasteiger partial charge in [0.25, 0.3) is 0 Å². The van der Waals surface area contributed by atoms with Crippen molar-refractivity contribution in [2.75, 3.05) is 20.3 Å². The van der Waals surface area contributed by atoms with Gasteiger partial charge in [-0.25, -0.2) is 8.78 Å². The van der Waals surface area contributed by atoms with Gasteiger partial charge in [0.1, 0.15) is 0 Å². The molecule has 0 amide bonds. The van der Waals surface area contributed by atoms with Crippen LogP contribution in [0.1, 0.15) is 6.42 Å². The van der Waals surface area contributed by atoms with E-state index in [4.69, 9.17) is 10.5 Å². The van der Waals surface area contributed by atoms with E-state index in [2.05, 4.69) is 10.3 Å². The van der Waals surface area contributed by atoms with E-state index < -0.39 is 12.3 Å². The molecule has 1 aliphatic carbocycles. The normalized spacial score (nSPS) is 26.7. The van der Waals surface area contributed by atoms with Gasteiger partial charge in [0.05, 0.1) is 13.2 Å². The molecule has 4 nitrogen and oxygen atoms in total. The Kier molecular flexibility index (Phi) is 4.06. The molecular weight excluding hydrogens is 192 g/mol. The van der Waals surface area contributed by atoms with Gasteiger partial charge >= 0.3 is 0 Å². The molecule has 0 bridgehead atoms. The highest BCUT2D eigenvalue weighted by Gasteiger charge is 2.44. The summed E-state index contributed by atoms with van der Waals surface area (Å²) in [4.78, 5) is 3.90. The molecule has 0 radical (unpaired) electrons. The van der Waals surface area contributed by atoms with Crippen molar-refractivity contribution >= 4 is 5.96 Å². The summed E-state index contributed by atoms with van der Waals surface area (Å²) in [5.41, 5.74) is 5.46. The number of nitrogens with one attached hydrogen (secondary N) is 1. The van der Waals surface area contributed by atoms with Crippen LogP contribution < -0.4 is 11.1 Å². The minimum atomic E-state index is -2.26. The lowest BCUT2D eigenvalue weighted by Gasteiger charge is -2.04. The number of alkyl halides is 2. The number of halogens is 2. The quantitative estimate of drug-likeness (QED) is 0.384. The Hall–Kier alpha value is -0.910. The van der Waals surface area contributed by atoms with Crippen LogP contribution in [0, 0.1) is 5.92 Å². The van der Waals surface area contributed by atoms with Crippen LogP contribution in [-0.4, -0.2) is 38.7 Å². The van der Waals surface area contributed by atoms with Crippen LogP contribution in [0.15, 0.2) is 4.99 Å². The summed E-state index contributed by atoms with van der Waals surface area (Å²) in [5.74, 6) is -0.346. The Balaban J connectivity index is 2.16. The van der Waals surface area contributed by atoms with Gasteiger partial charge in [-0.05, 0) is 6.42 Å². The van der Waals surface area contributed by atoms with Crippen LogP contribution >= 0.6 is 0 Å². The van der Waals surface area contributed by atoms with Crippen molar-refractivity contribution in [3.8, 4) is 0 Å². The molecule has 3 N–H and O–H groups in total. The zero-order valence-electron chi connectivity index (χ0n) is 8.04. The van der Waals surface area contributed by atoms with Gasteiger partial charge in [-0.1, -0.05) is 0 Å². The first-order valence-corrected chi connectivity index (χ1v) is 4.48. The summed E-state index contributed by atoms with van der Waals surface area (Å²) < 4.78 is 28.9. The second-order valence-electron chi connectivity index (χ2n) is 3.24. The van der Waals surface area contributed by atoms with Crippen molar-refractivity contribution in [1.82, 2.24) is 5.32 Å². The zero-order chi connectivity index (χ0) is 10.6. The van der Waals surface area contributed by atoms with Crippen LogP contribution in [0.2, 0.25) is 0 Å². The number of methoxy groups -OCH3 is 1. The first-order chi connectivity index (χ1) is 6.65. The van der Waals surface area contributed by atoms with E-state index in [9.17, 15) is 8.78 Å². The van der Waals surface area contributed by atoms with Crippen molar-refractivity contribution < 1.29 is 13.5 Å². The van der Waals surface area contributed by atoms with Gasteiger partial charge in [-0.15, -0.1) is 0 Å². The number of rotatable bonds is 5. The fraction of sp³-hybridized carbons (Fsp3) is 0.875. The predicted octanol–water partition coefficient (Wildman–Crippen LogP) is 0.191. The number of hydrogen-bond donors (Lipinski definition) is 2. The molecule has 2 atom stereocenters. The molecule has 0 unspecified atom stereocenters. The van der Waals surface area contributed by atoms with Gasteiger partial charge in [0.15, 0.2) is 5.96 Å². The largest absolute Gasteiger partial charge is 0.383 e. The molecule has 0 saturated heterocycles. The molecule has 6 heteroatoms. The van der Waals surface area contributed by atoms with Crippen LogP contribution in [0.5, 0.6) is 0 Å². The van der Waals surface area contributed by atoms with Gasteiger partial charge in [-0.3, -0.25) is 4.99 Å². The SMILES string of the molecule is COCCN=C(N)N[C@H]1C[C@@H]1C(F)F. The number of guanidine groups is 1. The van der Waals surface area contributed by atoms with E-state index in [0.717, 1.165) is 0 Å². The maximum absolute atomic E-state index is 12.1. The molecule has 0 aromatic heterocycles. The third-order valence-corrected chi connectivity index (χ3v) is 2.07. The Labute approximate surface area is 81.5 Å². The molecule has 1 fully saturated rings. The van der Waals surface area contributed by atoms with E-state index in [1.807, 2.05) is 0 Å². The average Bonchev–Trinajstić information content (AvgIpc) is 2.84. The second kappa shape index (κ2) is 5.09. The molecule has 1 rings (SSSR count). The van der Waals surface area contributed by atoms with Gasteiger partial charge in [0, 0.05) is 19.1 Å². The summed E-state index contributed by atoms with van der Waals surface area (Å²) in [6, 6.07) is -0.207. The molecule has 0 spiro atoms. The van der Waals surface area contributed by atoms with E-state index in [0.29, 0.717) is 19.6 Å². The summed E-state index contributed by atoms with van der Waals surface area (Å²) in [5, 5.41) is 2.74. The highest BCUT2D eigenvalue weighted by atomic mass is 19.3. The summed E-state index contributed by atoms with van der Waals surface area (Å²) in [7, 11) is 1.56. The summed E-state index contributed by atoms with van der Waals surface area (Å²) in [6.45, 7) is 0.923. The molecule has 1 aliphatic rings. The maximum atomic E-state index is 12.1. The van der Waals surface area contributed by atoms with E-state index in [-0.39, 0.29) is 12.0 Å². The molecule has 0 heterocycles. The number of ether oxygens (including phenoxy) is 1.